The van der Waals surface area contributed by atoms with Crippen molar-refractivity contribution in [2.45, 2.75) is 20.8 Å². The highest BCUT2D eigenvalue weighted by Crippen LogP contribution is 2.37. The van der Waals surface area contributed by atoms with E-state index in [9.17, 15) is 9.90 Å². The van der Waals surface area contributed by atoms with Gasteiger partial charge in [-0.2, -0.15) is 0 Å². The average Bonchev–Trinajstić information content (AvgIpc) is 2.86. The molecule has 0 radical (unpaired) electrons. The minimum atomic E-state index is -0.0856. The molecule has 2 aromatic carbocycles. The van der Waals surface area contributed by atoms with Gasteiger partial charge in [0.15, 0.2) is 0 Å². The van der Waals surface area contributed by atoms with Gasteiger partial charge in [-0.3, -0.25) is 4.79 Å². The van der Waals surface area contributed by atoms with Gasteiger partial charge in [0.05, 0.1) is 5.69 Å². The average molecular weight is 374 g/mol. The van der Waals surface area contributed by atoms with E-state index >= 15 is 0 Å². The van der Waals surface area contributed by atoms with Crippen LogP contribution in [0.3, 0.4) is 0 Å². The normalized spacial score (nSPS) is 10.5. The van der Waals surface area contributed by atoms with Gasteiger partial charge in [-0.15, -0.1) is 12.4 Å². The van der Waals surface area contributed by atoms with Crippen molar-refractivity contribution in [3.05, 3.63) is 41.5 Å². The molecule has 0 saturated heterocycles. The van der Waals surface area contributed by atoms with Crippen LogP contribution in [0.5, 0.6) is 5.75 Å². The monoisotopic (exact) mass is 373 g/mol. The van der Waals surface area contributed by atoms with Crippen LogP contribution in [-0.2, 0) is 4.79 Å². The van der Waals surface area contributed by atoms with Crippen LogP contribution in [0.15, 0.2) is 30.3 Å². The SMILES string of the molecule is CC(=O)Nc1ccc2[nH]c(-c3cc(C)c(O)c(N(C)C)c3)c(C)c2c1.Cl. The Hall–Kier alpha value is -2.66. The summed E-state index contributed by atoms with van der Waals surface area (Å²) < 4.78 is 0. The van der Waals surface area contributed by atoms with Crippen molar-refractivity contribution >= 4 is 40.6 Å². The molecule has 3 N–H and O–H groups in total. The lowest BCUT2D eigenvalue weighted by Gasteiger charge is -2.17. The third kappa shape index (κ3) is 3.48. The maximum absolute atomic E-state index is 11.3. The lowest BCUT2D eigenvalue weighted by Crippen LogP contribution is -2.09. The third-order valence-corrected chi connectivity index (χ3v) is 4.43. The molecule has 3 rings (SSSR count). The number of nitrogens with zero attached hydrogens (tertiary/aromatic N) is 1. The molecule has 138 valence electrons. The molecule has 0 aliphatic rings. The highest BCUT2D eigenvalue weighted by molar-refractivity contribution is 5.96. The molecule has 6 heteroatoms. The van der Waals surface area contributed by atoms with Crippen LogP contribution in [0.2, 0.25) is 0 Å². The minimum Gasteiger partial charge on any atom is -0.505 e. The Morgan fingerprint density at radius 2 is 1.85 bits per heavy atom. The summed E-state index contributed by atoms with van der Waals surface area (Å²) in [5.41, 5.74) is 6.56. The fourth-order valence-electron chi connectivity index (χ4n) is 3.14. The number of hydrogen-bond donors (Lipinski definition) is 3. The first kappa shape index (κ1) is 19.7. The van der Waals surface area contributed by atoms with Crippen molar-refractivity contribution in [1.82, 2.24) is 4.98 Å². The highest BCUT2D eigenvalue weighted by atomic mass is 35.5. The van der Waals surface area contributed by atoms with Crippen LogP contribution in [0.4, 0.5) is 11.4 Å². The van der Waals surface area contributed by atoms with Gasteiger partial charge < -0.3 is 20.3 Å². The first-order valence-corrected chi connectivity index (χ1v) is 8.19. The van der Waals surface area contributed by atoms with Crippen molar-refractivity contribution in [1.29, 1.82) is 0 Å². The van der Waals surface area contributed by atoms with Crippen molar-refractivity contribution in [3.8, 4) is 17.0 Å². The number of hydrogen-bond acceptors (Lipinski definition) is 3. The molecule has 0 aliphatic heterocycles. The van der Waals surface area contributed by atoms with Gasteiger partial charge in [-0.05, 0) is 55.3 Å². The van der Waals surface area contributed by atoms with E-state index in [0.29, 0.717) is 5.75 Å². The number of aromatic hydroxyl groups is 1. The number of aryl methyl sites for hydroxylation is 2. The molecule has 5 nitrogen and oxygen atoms in total. The van der Waals surface area contributed by atoms with Crippen molar-refractivity contribution in [2.75, 3.05) is 24.3 Å². The second kappa shape index (κ2) is 7.30. The van der Waals surface area contributed by atoms with Crippen LogP contribution in [0, 0.1) is 13.8 Å². The molecule has 26 heavy (non-hydrogen) atoms. The smallest absolute Gasteiger partial charge is 0.221 e. The zero-order chi connectivity index (χ0) is 18.3. The fourth-order valence-corrected chi connectivity index (χ4v) is 3.14. The molecule has 1 aromatic heterocycles. The lowest BCUT2D eigenvalue weighted by molar-refractivity contribution is -0.114. The van der Waals surface area contributed by atoms with Crippen LogP contribution in [-0.4, -0.2) is 30.1 Å². The molecule has 0 spiro atoms. The summed E-state index contributed by atoms with van der Waals surface area (Å²) in [6, 6.07) is 9.80. The van der Waals surface area contributed by atoms with E-state index in [0.717, 1.165) is 44.7 Å². The number of aromatic amines is 1. The molecule has 1 heterocycles. The molecular weight excluding hydrogens is 350 g/mol. The summed E-state index contributed by atoms with van der Waals surface area (Å²) in [5.74, 6) is 0.216. The molecule has 0 bridgehead atoms. The predicted octanol–water partition coefficient (Wildman–Crippen LogP) is 4.60. The number of anilines is 2. The van der Waals surface area contributed by atoms with Crippen molar-refractivity contribution in [3.63, 3.8) is 0 Å². The van der Waals surface area contributed by atoms with E-state index in [1.165, 1.54) is 6.92 Å². The number of phenols is 1. The topological polar surface area (TPSA) is 68.4 Å². The first-order chi connectivity index (χ1) is 11.8. The number of aromatic nitrogens is 1. The summed E-state index contributed by atoms with van der Waals surface area (Å²) in [6.07, 6.45) is 0. The van der Waals surface area contributed by atoms with Gasteiger partial charge >= 0.3 is 0 Å². The molecule has 1 amide bonds. The Labute approximate surface area is 159 Å². The van der Waals surface area contributed by atoms with Crippen molar-refractivity contribution < 1.29 is 9.90 Å². The Balaban J connectivity index is 0.00000243. The van der Waals surface area contributed by atoms with Crippen LogP contribution < -0.4 is 10.2 Å². The van der Waals surface area contributed by atoms with E-state index in [-0.39, 0.29) is 18.3 Å². The summed E-state index contributed by atoms with van der Waals surface area (Å²) in [6.45, 7) is 5.46. The number of rotatable bonds is 3. The van der Waals surface area contributed by atoms with E-state index < -0.39 is 0 Å². The largest absolute Gasteiger partial charge is 0.505 e. The molecule has 0 aliphatic carbocycles. The highest BCUT2D eigenvalue weighted by Gasteiger charge is 2.15. The summed E-state index contributed by atoms with van der Waals surface area (Å²) in [5, 5.41) is 14.2. The van der Waals surface area contributed by atoms with Gasteiger partial charge in [0, 0.05) is 48.9 Å². The van der Waals surface area contributed by atoms with E-state index in [2.05, 4.69) is 17.2 Å². The van der Waals surface area contributed by atoms with E-state index in [1.807, 2.05) is 56.3 Å². The zero-order valence-corrected chi connectivity index (χ0v) is 16.4. The number of benzene rings is 2. The van der Waals surface area contributed by atoms with Gasteiger partial charge in [0.1, 0.15) is 5.75 Å². The summed E-state index contributed by atoms with van der Waals surface area (Å²) in [4.78, 5) is 16.6. The lowest BCUT2D eigenvalue weighted by atomic mass is 10.0. The second-order valence-electron chi connectivity index (χ2n) is 6.62. The Morgan fingerprint density at radius 3 is 2.46 bits per heavy atom. The Bertz CT molecular complexity index is 977. The summed E-state index contributed by atoms with van der Waals surface area (Å²) in [7, 11) is 3.83. The van der Waals surface area contributed by atoms with Gasteiger partial charge in [0.25, 0.3) is 0 Å². The Morgan fingerprint density at radius 1 is 1.15 bits per heavy atom. The number of H-pyrrole nitrogens is 1. The molecule has 0 atom stereocenters. The second-order valence-corrected chi connectivity index (χ2v) is 6.62. The third-order valence-electron chi connectivity index (χ3n) is 4.43. The number of amides is 1. The number of phenolic OH excluding ortho intramolecular Hbond substituents is 1. The van der Waals surface area contributed by atoms with E-state index in [1.54, 1.807) is 0 Å². The molecule has 0 saturated carbocycles. The standard InChI is InChI=1S/C20H23N3O2.ClH/c1-11-8-14(9-18(20(11)25)23(4)5)19-12(2)16-10-15(21-13(3)24)6-7-17(16)22-19;/h6-10,22,25H,1-5H3,(H,21,24);1H. The number of fused-ring (bicyclic) bond motifs is 1. The Kier molecular flexibility index (Phi) is 5.52. The molecule has 0 unspecified atom stereocenters. The van der Waals surface area contributed by atoms with Crippen LogP contribution in [0.25, 0.3) is 22.2 Å². The fraction of sp³-hybridized carbons (Fsp3) is 0.250. The molecule has 3 aromatic rings. The van der Waals surface area contributed by atoms with E-state index in [4.69, 9.17) is 0 Å². The number of carbonyl (C=O) groups is 1. The van der Waals surface area contributed by atoms with Gasteiger partial charge in [0.2, 0.25) is 5.91 Å². The number of halogens is 1. The number of carbonyl (C=O) groups excluding carboxylic acids is 1. The van der Waals surface area contributed by atoms with Crippen LogP contribution in [0.1, 0.15) is 18.1 Å². The van der Waals surface area contributed by atoms with Crippen molar-refractivity contribution in [2.24, 2.45) is 0 Å². The van der Waals surface area contributed by atoms with Gasteiger partial charge in [-0.1, -0.05) is 0 Å². The maximum atomic E-state index is 11.3. The zero-order valence-electron chi connectivity index (χ0n) is 15.6. The number of nitrogens with one attached hydrogen (secondary N) is 2. The minimum absolute atomic E-state index is 0. The predicted molar refractivity (Wildman–Crippen MR) is 111 cm³/mol. The molecule has 0 fully saturated rings. The molecular formula is C20H24ClN3O2. The van der Waals surface area contributed by atoms with Crippen LogP contribution >= 0.6 is 12.4 Å². The summed E-state index contributed by atoms with van der Waals surface area (Å²) >= 11 is 0. The maximum Gasteiger partial charge on any atom is 0.221 e. The van der Waals surface area contributed by atoms with Gasteiger partial charge in [-0.25, -0.2) is 0 Å². The first-order valence-electron chi connectivity index (χ1n) is 8.19. The quantitative estimate of drug-likeness (QED) is 0.628.